The number of hydrogen-bond donors (Lipinski definition) is 0. The Kier molecular flexibility index (Phi) is 6.37. The Hall–Kier alpha value is -2.39. The molecule has 0 amide bonds. The summed E-state index contributed by atoms with van der Waals surface area (Å²) in [5.74, 6) is -0.851. The molecule has 0 aliphatic heterocycles. The molecule has 6 nitrogen and oxygen atoms in total. The van der Waals surface area contributed by atoms with Crippen LogP contribution in [0.25, 0.3) is 0 Å². The van der Waals surface area contributed by atoms with Gasteiger partial charge in [0, 0.05) is 6.54 Å². The van der Waals surface area contributed by atoms with Crippen LogP contribution < -0.4 is 0 Å². The zero-order chi connectivity index (χ0) is 15.8. The number of rotatable bonds is 6. The Balaban J connectivity index is 2.87. The van der Waals surface area contributed by atoms with Gasteiger partial charge in [-0.1, -0.05) is 6.07 Å². The van der Waals surface area contributed by atoms with Gasteiger partial charge in [-0.2, -0.15) is 5.26 Å². The van der Waals surface area contributed by atoms with E-state index in [4.69, 9.17) is 5.26 Å². The lowest BCUT2D eigenvalue weighted by atomic mass is 10.1. The number of methoxy groups -OCH3 is 2. The molecule has 0 spiro atoms. The van der Waals surface area contributed by atoms with Gasteiger partial charge in [0.15, 0.2) is 0 Å². The molecular formula is C15H18N2O4. The second-order valence-electron chi connectivity index (χ2n) is 4.55. The highest BCUT2D eigenvalue weighted by atomic mass is 16.5. The van der Waals surface area contributed by atoms with Crippen LogP contribution in [0.3, 0.4) is 0 Å². The first kappa shape index (κ1) is 16.7. The quantitative estimate of drug-likeness (QED) is 0.728. The fourth-order valence-corrected chi connectivity index (χ4v) is 1.85. The van der Waals surface area contributed by atoms with Gasteiger partial charge in [-0.3, -0.25) is 14.5 Å². The van der Waals surface area contributed by atoms with Crippen LogP contribution in [-0.2, 0) is 25.6 Å². The molecule has 0 saturated heterocycles. The molecule has 0 unspecified atom stereocenters. The summed E-state index contributed by atoms with van der Waals surface area (Å²) in [5.41, 5.74) is 2.43. The van der Waals surface area contributed by atoms with E-state index in [0.717, 1.165) is 11.1 Å². The Morgan fingerprint density at radius 3 is 2.19 bits per heavy atom. The van der Waals surface area contributed by atoms with E-state index in [-0.39, 0.29) is 13.1 Å². The Morgan fingerprint density at radius 1 is 1.19 bits per heavy atom. The number of aryl methyl sites for hydroxylation is 1. The average Bonchev–Trinajstić information content (AvgIpc) is 2.48. The highest BCUT2D eigenvalue weighted by molar-refractivity contribution is 5.74. The van der Waals surface area contributed by atoms with Gasteiger partial charge in [-0.05, 0) is 30.2 Å². The molecule has 112 valence electrons. The number of carbonyl (C=O) groups is 2. The van der Waals surface area contributed by atoms with E-state index in [9.17, 15) is 9.59 Å². The Labute approximate surface area is 123 Å². The highest BCUT2D eigenvalue weighted by Gasteiger charge is 2.16. The molecule has 1 aromatic rings. The molecule has 0 fully saturated rings. The second kappa shape index (κ2) is 8.02. The number of ether oxygens (including phenoxy) is 2. The molecule has 21 heavy (non-hydrogen) atoms. The maximum atomic E-state index is 11.4. The zero-order valence-corrected chi connectivity index (χ0v) is 12.4. The minimum Gasteiger partial charge on any atom is -0.468 e. The minimum atomic E-state index is -0.426. The predicted octanol–water partition coefficient (Wildman–Crippen LogP) is 1.01. The lowest BCUT2D eigenvalue weighted by molar-refractivity contribution is -0.145. The van der Waals surface area contributed by atoms with Crippen LogP contribution in [0.5, 0.6) is 0 Å². The standard InChI is InChI=1S/C15H18N2O4/c1-11-6-12(7-16)4-5-13(11)8-17(9-14(18)20-2)10-15(19)21-3/h4-6H,8-10H2,1-3H3. The Morgan fingerprint density at radius 2 is 1.76 bits per heavy atom. The van der Waals surface area contributed by atoms with Crippen molar-refractivity contribution < 1.29 is 19.1 Å². The molecular weight excluding hydrogens is 272 g/mol. The van der Waals surface area contributed by atoms with Crippen molar-refractivity contribution >= 4 is 11.9 Å². The molecule has 6 heteroatoms. The molecule has 0 saturated carbocycles. The zero-order valence-electron chi connectivity index (χ0n) is 12.4. The molecule has 0 aromatic heterocycles. The van der Waals surface area contributed by atoms with Gasteiger partial charge in [-0.15, -0.1) is 0 Å². The molecule has 0 atom stereocenters. The predicted molar refractivity (Wildman–Crippen MR) is 75.2 cm³/mol. The summed E-state index contributed by atoms with van der Waals surface area (Å²) in [5, 5.41) is 8.85. The monoisotopic (exact) mass is 290 g/mol. The van der Waals surface area contributed by atoms with Crippen LogP contribution in [0.15, 0.2) is 18.2 Å². The number of nitrogens with zero attached hydrogens (tertiary/aromatic N) is 2. The summed E-state index contributed by atoms with van der Waals surface area (Å²) < 4.78 is 9.25. The molecule has 1 rings (SSSR count). The largest absolute Gasteiger partial charge is 0.468 e. The lowest BCUT2D eigenvalue weighted by Crippen LogP contribution is -2.35. The lowest BCUT2D eigenvalue weighted by Gasteiger charge is -2.20. The van der Waals surface area contributed by atoms with E-state index < -0.39 is 11.9 Å². The van der Waals surface area contributed by atoms with E-state index >= 15 is 0 Å². The first-order chi connectivity index (χ1) is 9.99. The van der Waals surface area contributed by atoms with Gasteiger partial charge < -0.3 is 9.47 Å². The molecule has 0 bridgehead atoms. The van der Waals surface area contributed by atoms with Gasteiger partial charge in [0.05, 0.1) is 38.9 Å². The van der Waals surface area contributed by atoms with Gasteiger partial charge in [0.25, 0.3) is 0 Å². The number of esters is 2. The van der Waals surface area contributed by atoms with Crippen molar-refractivity contribution in [2.24, 2.45) is 0 Å². The SMILES string of the molecule is COC(=O)CN(CC(=O)OC)Cc1ccc(C#N)cc1C. The normalized spacial score (nSPS) is 10.0. The third-order valence-electron chi connectivity index (χ3n) is 3.03. The minimum absolute atomic E-state index is 0.00889. The van der Waals surface area contributed by atoms with E-state index in [2.05, 4.69) is 15.5 Å². The van der Waals surface area contributed by atoms with Crippen LogP contribution in [-0.4, -0.2) is 44.1 Å². The maximum absolute atomic E-state index is 11.4. The summed E-state index contributed by atoms with van der Waals surface area (Å²) >= 11 is 0. The van der Waals surface area contributed by atoms with E-state index in [1.54, 1.807) is 17.0 Å². The van der Waals surface area contributed by atoms with Crippen molar-refractivity contribution in [1.82, 2.24) is 4.90 Å². The highest BCUT2D eigenvalue weighted by Crippen LogP contribution is 2.13. The number of carbonyl (C=O) groups excluding carboxylic acids is 2. The Bertz CT molecular complexity index is 545. The first-order valence-corrected chi connectivity index (χ1v) is 6.35. The summed E-state index contributed by atoms with van der Waals surface area (Å²) in [6, 6.07) is 7.36. The van der Waals surface area contributed by atoms with Crippen molar-refractivity contribution in [3.8, 4) is 6.07 Å². The van der Waals surface area contributed by atoms with E-state index in [0.29, 0.717) is 12.1 Å². The fourth-order valence-electron chi connectivity index (χ4n) is 1.85. The fraction of sp³-hybridized carbons (Fsp3) is 0.400. The van der Waals surface area contributed by atoms with Gasteiger partial charge in [0.2, 0.25) is 0 Å². The van der Waals surface area contributed by atoms with Gasteiger partial charge in [0.1, 0.15) is 0 Å². The van der Waals surface area contributed by atoms with Crippen molar-refractivity contribution in [3.05, 3.63) is 34.9 Å². The topological polar surface area (TPSA) is 79.6 Å². The second-order valence-corrected chi connectivity index (χ2v) is 4.55. The van der Waals surface area contributed by atoms with Gasteiger partial charge in [-0.25, -0.2) is 0 Å². The molecule has 0 heterocycles. The third-order valence-corrected chi connectivity index (χ3v) is 3.03. The van der Waals surface area contributed by atoms with Gasteiger partial charge >= 0.3 is 11.9 Å². The summed E-state index contributed by atoms with van der Waals surface area (Å²) in [7, 11) is 2.59. The van der Waals surface area contributed by atoms with Crippen LogP contribution in [0.4, 0.5) is 0 Å². The van der Waals surface area contributed by atoms with Crippen molar-refractivity contribution in [3.63, 3.8) is 0 Å². The third kappa shape index (κ3) is 5.24. The maximum Gasteiger partial charge on any atom is 0.319 e. The molecule has 0 N–H and O–H groups in total. The van der Waals surface area contributed by atoms with Crippen LogP contribution >= 0.6 is 0 Å². The first-order valence-electron chi connectivity index (χ1n) is 6.35. The smallest absolute Gasteiger partial charge is 0.319 e. The van der Waals surface area contributed by atoms with Crippen LogP contribution in [0.2, 0.25) is 0 Å². The van der Waals surface area contributed by atoms with Crippen molar-refractivity contribution in [1.29, 1.82) is 5.26 Å². The van der Waals surface area contributed by atoms with Crippen LogP contribution in [0, 0.1) is 18.3 Å². The van der Waals surface area contributed by atoms with E-state index in [1.165, 1.54) is 14.2 Å². The van der Waals surface area contributed by atoms with Crippen molar-refractivity contribution in [2.45, 2.75) is 13.5 Å². The molecule has 0 radical (unpaired) electrons. The number of hydrogen-bond acceptors (Lipinski definition) is 6. The summed E-state index contributed by atoms with van der Waals surface area (Å²) in [6.07, 6.45) is 0. The molecule has 0 aliphatic rings. The number of nitriles is 1. The molecule has 1 aromatic carbocycles. The summed E-state index contributed by atoms with van der Waals surface area (Å²) in [6.45, 7) is 2.25. The van der Waals surface area contributed by atoms with Crippen molar-refractivity contribution in [2.75, 3.05) is 27.3 Å². The average molecular weight is 290 g/mol. The van der Waals surface area contributed by atoms with E-state index in [1.807, 2.05) is 13.0 Å². The number of benzene rings is 1. The summed E-state index contributed by atoms with van der Waals surface area (Å²) in [4.78, 5) is 24.4. The molecule has 0 aliphatic carbocycles. The van der Waals surface area contributed by atoms with Crippen LogP contribution in [0.1, 0.15) is 16.7 Å².